The molecular formula is C25H26N2O3. The molecule has 2 N–H and O–H groups in total. The van der Waals surface area contributed by atoms with Crippen LogP contribution in [0, 0.1) is 5.92 Å². The van der Waals surface area contributed by atoms with Gasteiger partial charge in [0.25, 0.3) is 5.91 Å². The molecule has 0 spiro atoms. The maximum Gasteiger partial charge on any atom is 0.274 e. The molecule has 0 fully saturated rings. The molecular weight excluding hydrogens is 376 g/mol. The van der Waals surface area contributed by atoms with Crippen LogP contribution in [0.25, 0.3) is 0 Å². The second-order valence-electron chi connectivity index (χ2n) is 7.40. The molecule has 0 radical (unpaired) electrons. The zero-order chi connectivity index (χ0) is 21.3. The normalized spacial score (nSPS) is 11.7. The lowest BCUT2D eigenvalue weighted by Gasteiger charge is -2.20. The van der Waals surface area contributed by atoms with Gasteiger partial charge < -0.3 is 5.32 Å². The summed E-state index contributed by atoms with van der Waals surface area (Å²) >= 11 is 0. The van der Waals surface area contributed by atoms with Crippen LogP contribution in [0.4, 0.5) is 5.69 Å². The monoisotopic (exact) mass is 402 g/mol. The molecule has 0 aromatic heterocycles. The Morgan fingerprint density at radius 2 is 1.43 bits per heavy atom. The fourth-order valence-corrected chi connectivity index (χ4v) is 3.24. The molecule has 0 aliphatic carbocycles. The molecule has 0 bridgehead atoms. The van der Waals surface area contributed by atoms with Crippen molar-refractivity contribution in [2.75, 3.05) is 5.32 Å². The maximum atomic E-state index is 12.8. The topological polar surface area (TPSA) is 67.4 Å². The minimum Gasteiger partial charge on any atom is -0.326 e. The van der Waals surface area contributed by atoms with Gasteiger partial charge in [0.15, 0.2) is 0 Å². The number of hydrogen-bond donors (Lipinski definition) is 2. The van der Waals surface area contributed by atoms with Crippen molar-refractivity contribution in [3.63, 3.8) is 0 Å². The molecule has 5 heteroatoms. The minimum absolute atomic E-state index is 0.0698. The summed E-state index contributed by atoms with van der Waals surface area (Å²) in [4.78, 5) is 30.3. The van der Waals surface area contributed by atoms with Gasteiger partial charge in [0, 0.05) is 11.3 Å². The van der Waals surface area contributed by atoms with Gasteiger partial charge in [-0.3, -0.25) is 14.4 Å². The van der Waals surface area contributed by atoms with Gasteiger partial charge >= 0.3 is 0 Å². The summed E-state index contributed by atoms with van der Waals surface area (Å²) in [6.45, 7) is 4.34. The van der Waals surface area contributed by atoms with E-state index in [1.54, 1.807) is 24.3 Å². The summed E-state index contributed by atoms with van der Waals surface area (Å²) in [7, 11) is 0. The van der Waals surface area contributed by atoms with Gasteiger partial charge in [0.05, 0.1) is 12.5 Å². The molecule has 30 heavy (non-hydrogen) atoms. The number of carbonyl (C=O) groups is 2. The minimum atomic E-state index is -0.340. The lowest BCUT2D eigenvalue weighted by Crippen LogP contribution is -2.25. The van der Waals surface area contributed by atoms with E-state index in [9.17, 15) is 9.59 Å². The number of benzene rings is 3. The van der Waals surface area contributed by atoms with Crippen LogP contribution in [0.2, 0.25) is 0 Å². The molecule has 1 atom stereocenters. The van der Waals surface area contributed by atoms with E-state index in [0.29, 0.717) is 11.3 Å². The Morgan fingerprint density at radius 3 is 2.03 bits per heavy atom. The highest BCUT2D eigenvalue weighted by molar-refractivity contribution is 5.97. The summed E-state index contributed by atoms with van der Waals surface area (Å²) in [5, 5.41) is 2.95. The van der Waals surface area contributed by atoms with E-state index >= 15 is 0 Å². The Kier molecular flexibility index (Phi) is 7.35. The lowest BCUT2D eigenvalue weighted by atomic mass is 9.87. The molecule has 3 aromatic carbocycles. The van der Waals surface area contributed by atoms with E-state index in [2.05, 4.69) is 10.8 Å². The van der Waals surface area contributed by atoms with Crippen molar-refractivity contribution in [3.8, 4) is 0 Å². The molecule has 0 unspecified atom stereocenters. The van der Waals surface area contributed by atoms with Crippen LogP contribution in [0.5, 0.6) is 0 Å². The molecule has 2 amide bonds. The van der Waals surface area contributed by atoms with Gasteiger partial charge in [0.1, 0.15) is 0 Å². The third-order valence-electron chi connectivity index (χ3n) is 4.77. The van der Waals surface area contributed by atoms with E-state index in [0.717, 1.165) is 11.1 Å². The van der Waals surface area contributed by atoms with Crippen LogP contribution in [-0.2, 0) is 16.2 Å². The molecule has 0 saturated heterocycles. The van der Waals surface area contributed by atoms with Crippen LogP contribution in [0.3, 0.4) is 0 Å². The summed E-state index contributed by atoms with van der Waals surface area (Å²) in [5.74, 6) is -0.507. The standard InChI is InChI=1S/C25H26N2O3/c1-18(2)23(20-11-7-4-8-12-20)25(29)26-22-15-13-21(14-16-22)24(28)27-30-17-19-9-5-3-6-10-19/h3-16,18,23H,17H2,1-2H3,(H,26,29)(H,27,28)/t23-/m1/s1. The molecule has 0 saturated carbocycles. The van der Waals surface area contributed by atoms with E-state index < -0.39 is 0 Å². The highest BCUT2D eigenvalue weighted by atomic mass is 16.6. The summed E-state index contributed by atoms with van der Waals surface area (Å²) in [5.41, 5.74) is 5.48. The van der Waals surface area contributed by atoms with Crippen LogP contribution >= 0.6 is 0 Å². The van der Waals surface area contributed by atoms with Crippen molar-refractivity contribution in [3.05, 3.63) is 102 Å². The van der Waals surface area contributed by atoms with Crippen molar-refractivity contribution in [2.24, 2.45) is 5.92 Å². The summed E-state index contributed by atoms with van der Waals surface area (Å²) < 4.78 is 0. The lowest BCUT2D eigenvalue weighted by molar-refractivity contribution is -0.118. The molecule has 3 aromatic rings. The first-order chi connectivity index (χ1) is 14.5. The molecule has 154 valence electrons. The number of carbonyl (C=O) groups excluding carboxylic acids is 2. The van der Waals surface area contributed by atoms with Crippen LogP contribution in [-0.4, -0.2) is 11.8 Å². The van der Waals surface area contributed by atoms with Crippen molar-refractivity contribution in [1.29, 1.82) is 0 Å². The number of hydrogen-bond acceptors (Lipinski definition) is 3. The highest BCUT2D eigenvalue weighted by Crippen LogP contribution is 2.26. The van der Waals surface area contributed by atoms with E-state index in [1.807, 2.05) is 74.5 Å². The molecule has 0 aliphatic rings. The first-order valence-electron chi connectivity index (χ1n) is 9.96. The van der Waals surface area contributed by atoms with E-state index in [4.69, 9.17) is 4.84 Å². The third-order valence-corrected chi connectivity index (χ3v) is 4.77. The SMILES string of the molecule is CC(C)[C@@H](C(=O)Nc1ccc(C(=O)NOCc2ccccc2)cc1)c1ccccc1. The van der Waals surface area contributed by atoms with Crippen molar-refractivity contribution in [2.45, 2.75) is 26.4 Å². The number of rotatable bonds is 8. The Morgan fingerprint density at radius 1 is 0.833 bits per heavy atom. The molecule has 3 rings (SSSR count). The Labute approximate surface area is 177 Å². The Balaban J connectivity index is 1.56. The molecule has 5 nitrogen and oxygen atoms in total. The number of anilines is 1. The number of amides is 2. The third kappa shape index (κ3) is 5.78. The smallest absolute Gasteiger partial charge is 0.274 e. The van der Waals surface area contributed by atoms with Crippen LogP contribution in [0.15, 0.2) is 84.9 Å². The van der Waals surface area contributed by atoms with Gasteiger partial charge in [0.2, 0.25) is 5.91 Å². The maximum absolute atomic E-state index is 12.8. The highest BCUT2D eigenvalue weighted by Gasteiger charge is 2.24. The Bertz CT molecular complexity index is 955. The van der Waals surface area contributed by atoms with Crippen LogP contribution < -0.4 is 10.8 Å². The number of nitrogens with one attached hydrogen (secondary N) is 2. The van der Waals surface area contributed by atoms with Crippen molar-refractivity contribution in [1.82, 2.24) is 5.48 Å². The predicted molar refractivity (Wildman–Crippen MR) is 118 cm³/mol. The fraction of sp³-hybridized carbons (Fsp3) is 0.200. The van der Waals surface area contributed by atoms with Crippen molar-refractivity contribution < 1.29 is 14.4 Å². The van der Waals surface area contributed by atoms with E-state index in [-0.39, 0.29) is 30.3 Å². The Hall–Kier alpha value is -3.44. The average Bonchev–Trinajstić information content (AvgIpc) is 2.75. The number of hydroxylamine groups is 1. The second kappa shape index (κ2) is 10.4. The quantitative estimate of drug-likeness (QED) is 0.525. The summed E-state index contributed by atoms with van der Waals surface area (Å²) in [6.07, 6.45) is 0. The zero-order valence-corrected chi connectivity index (χ0v) is 17.2. The first kappa shape index (κ1) is 21.3. The van der Waals surface area contributed by atoms with Gasteiger partial charge in [-0.1, -0.05) is 74.5 Å². The summed E-state index contributed by atoms with van der Waals surface area (Å²) in [6, 6.07) is 26.1. The van der Waals surface area contributed by atoms with Gasteiger partial charge in [-0.05, 0) is 41.3 Å². The molecule has 0 aliphatic heterocycles. The largest absolute Gasteiger partial charge is 0.326 e. The first-order valence-corrected chi connectivity index (χ1v) is 9.96. The van der Waals surface area contributed by atoms with Gasteiger partial charge in [-0.2, -0.15) is 0 Å². The van der Waals surface area contributed by atoms with E-state index in [1.165, 1.54) is 0 Å². The fourth-order valence-electron chi connectivity index (χ4n) is 3.24. The second-order valence-corrected chi connectivity index (χ2v) is 7.40. The predicted octanol–water partition coefficient (Wildman–Crippen LogP) is 4.93. The zero-order valence-electron chi connectivity index (χ0n) is 17.2. The van der Waals surface area contributed by atoms with Crippen molar-refractivity contribution >= 4 is 17.5 Å². The van der Waals surface area contributed by atoms with Crippen LogP contribution in [0.1, 0.15) is 41.3 Å². The van der Waals surface area contributed by atoms with Gasteiger partial charge in [-0.25, -0.2) is 5.48 Å². The average molecular weight is 402 g/mol. The van der Waals surface area contributed by atoms with Gasteiger partial charge in [-0.15, -0.1) is 0 Å². The molecule has 0 heterocycles.